The lowest BCUT2D eigenvalue weighted by molar-refractivity contribution is 0.0942. The number of nitrogens with one attached hydrogen (secondary N) is 1. The Morgan fingerprint density at radius 2 is 2.35 bits per heavy atom. The molecule has 1 aliphatic heterocycles. The van der Waals surface area contributed by atoms with E-state index in [1.807, 2.05) is 0 Å². The molecule has 1 aliphatic rings. The van der Waals surface area contributed by atoms with Crippen molar-refractivity contribution in [2.24, 2.45) is 5.92 Å². The Bertz CT molecular complexity index is 481. The highest BCUT2D eigenvalue weighted by molar-refractivity contribution is 9.10. The molecule has 1 saturated heterocycles. The molecule has 1 fully saturated rings. The van der Waals surface area contributed by atoms with Crippen molar-refractivity contribution in [2.75, 3.05) is 26.2 Å². The molecule has 0 radical (unpaired) electrons. The monoisotopic (exact) mass is 342 g/mol. The van der Waals surface area contributed by atoms with Crippen molar-refractivity contribution in [1.29, 1.82) is 0 Å². The van der Waals surface area contributed by atoms with Crippen molar-refractivity contribution in [2.45, 2.75) is 19.8 Å². The topological polar surface area (TPSA) is 32.3 Å². The van der Waals surface area contributed by atoms with Crippen molar-refractivity contribution in [3.63, 3.8) is 0 Å². The maximum atomic E-state index is 13.2. The molecular formula is C15H20BrFN2O. The van der Waals surface area contributed by atoms with Crippen LogP contribution < -0.4 is 5.32 Å². The Labute approximate surface area is 127 Å². The van der Waals surface area contributed by atoms with Gasteiger partial charge in [-0.2, -0.15) is 0 Å². The van der Waals surface area contributed by atoms with Crippen LogP contribution in [0.15, 0.2) is 22.7 Å². The fraction of sp³-hybridized carbons (Fsp3) is 0.533. The van der Waals surface area contributed by atoms with Crippen LogP contribution in [0.2, 0.25) is 0 Å². The first kappa shape index (κ1) is 15.4. The third-order valence-electron chi connectivity index (χ3n) is 3.63. The van der Waals surface area contributed by atoms with Gasteiger partial charge in [-0.1, -0.05) is 6.92 Å². The normalized spacial score (nSPS) is 19.9. The number of likely N-dealkylation sites (tertiary alicyclic amines) is 1. The van der Waals surface area contributed by atoms with Gasteiger partial charge in [0, 0.05) is 24.1 Å². The molecule has 1 heterocycles. The predicted molar refractivity (Wildman–Crippen MR) is 81.3 cm³/mol. The van der Waals surface area contributed by atoms with E-state index in [0.717, 1.165) is 25.6 Å². The molecule has 20 heavy (non-hydrogen) atoms. The third-order valence-corrected chi connectivity index (χ3v) is 4.32. The highest BCUT2D eigenvalue weighted by atomic mass is 79.9. The average molecular weight is 343 g/mol. The molecule has 1 atom stereocenters. The number of carbonyl (C=O) groups excluding carboxylic acids is 1. The Morgan fingerprint density at radius 1 is 1.55 bits per heavy atom. The second kappa shape index (κ2) is 7.18. The number of halogens is 2. The minimum absolute atomic E-state index is 0.235. The molecule has 1 amide bonds. The number of hydrogen-bond donors (Lipinski definition) is 1. The first-order valence-corrected chi connectivity index (χ1v) is 7.81. The number of benzene rings is 1. The summed E-state index contributed by atoms with van der Waals surface area (Å²) in [7, 11) is 0. The van der Waals surface area contributed by atoms with Crippen molar-refractivity contribution in [3.05, 3.63) is 34.1 Å². The Kier molecular flexibility index (Phi) is 5.54. The van der Waals surface area contributed by atoms with Crippen LogP contribution in [0.25, 0.3) is 0 Å². The summed E-state index contributed by atoms with van der Waals surface area (Å²) in [5, 5.41) is 2.85. The van der Waals surface area contributed by atoms with Gasteiger partial charge in [-0.05, 0) is 59.4 Å². The summed E-state index contributed by atoms with van der Waals surface area (Å²) in [6.45, 7) is 5.90. The quantitative estimate of drug-likeness (QED) is 0.911. The zero-order valence-electron chi connectivity index (χ0n) is 11.7. The lowest BCUT2D eigenvalue weighted by Gasteiger charge is -2.30. The fourth-order valence-corrected chi connectivity index (χ4v) is 3.01. The highest BCUT2D eigenvalue weighted by Crippen LogP contribution is 2.18. The molecule has 0 bridgehead atoms. The van der Waals surface area contributed by atoms with Crippen molar-refractivity contribution in [1.82, 2.24) is 10.2 Å². The molecule has 1 N–H and O–H groups in total. The molecule has 3 nitrogen and oxygen atoms in total. The van der Waals surface area contributed by atoms with Gasteiger partial charge in [0.05, 0.1) is 5.56 Å². The van der Waals surface area contributed by atoms with E-state index < -0.39 is 5.82 Å². The van der Waals surface area contributed by atoms with E-state index in [-0.39, 0.29) is 5.91 Å². The van der Waals surface area contributed by atoms with Gasteiger partial charge < -0.3 is 10.2 Å². The standard InChI is InChI=1S/C15H20BrFN2O/c1-11-3-2-7-19(10-11)8-6-18-15(20)13-9-12(17)4-5-14(13)16/h4-5,9,11H,2-3,6-8,10H2,1H3,(H,18,20). The fourth-order valence-electron chi connectivity index (χ4n) is 2.58. The molecule has 0 spiro atoms. The van der Waals surface area contributed by atoms with E-state index in [0.29, 0.717) is 16.6 Å². The van der Waals surface area contributed by atoms with Crippen LogP contribution in [0.3, 0.4) is 0 Å². The summed E-state index contributed by atoms with van der Waals surface area (Å²) < 4.78 is 13.8. The number of carbonyl (C=O) groups is 1. The van der Waals surface area contributed by atoms with Gasteiger partial charge in [0.15, 0.2) is 0 Å². The summed E-state index contributed by atoms with van der Waals surface area (Å²) in [4.78, 5) is 14.4. The van der Waals surface area contributed by atoms with E-state index in [1.165, 1.54) is 25.0 Å². The van der Waals surface area contributed by atoms with Crippen molar-refractivity contribution < 1.29 is 9.18 Å². The van der Waals surface area contributed by atoms with E-state index in [4.69, 9.17) is 0 Å². The zero-order chi connectivity index (χ0) is 14.5. The number of piperidine rings is 1. The van der Waals surface area contributed by atoms with Gasteiger partial charge in [0.1, 0.15) is 5.82 Å². The summed E-state index contributed by atoms with van der Waals surface area (Å²) in [6, 6.07) is 4.13. The van der Waals surface area contributed by atoms with Gasteiger partial charge in [0.25, 0.3) is 5.91 Å². The Morgan fingerprint density at radius 3 is 3.10 bits per heavy atom. The predicted octanol–water partition coefficient (Wildman–Crippen LogP) is 3.05. The van der Waals surface area contributed by atoms with Gasteiger partial charge in [-0.25, -0.2) is 4.39 Å². The Balaban J connectivity index is 1.81. The molecular weight excluding hydrogens is 323 g/mol. The Hall–Kier alpha value is -0.940. The summed E-state index contributed by atoms with van der Waals surface area (Å²) in [5.74, 6) is 0.0986. The lowest BCUT2D eigenvalue weighted by Crippen LogP contribution is -2.40. The molecule has 0 aromatic heterocycles. The van der Waals surface area contributed by atoms with E-state index >= 15 is 0 Å². The minimum atomic E-state index is -0.400. The van der Waals surface area contributed by atoms with Crippen molar-refractivity contribution in [3.8, 4) is 0 Å². The third kappa shape index (κ3) is 4.28. The summed E-state index contributed by atoms with van der Waals surface area (Å²) >= 11 is 3.27. The first-order valence-electron chi connectivity index (χ1n) is 7.02. The maximum Gasteiger partial charge on any atom is 0.252 e. The summed E-state index contributed by atoms with van der Waals surface area (Å²) in [5.41, 5.74) is 0.344. The van der Waals surface area contributed by atoms with Crippen LogP contribution >= 0.6 is 15.9 Å². The summed E-state index contributed by atoms with van der Waals surface area (Å²) in [6.07, 6.45) is 2.52. The molecule has 0 aliphatic carbocycles. The number of nitrogens with zero attached hydrogens (tertiary/aromatic N) is 1. The van der Waals surface area contributed by atoms with Crippen LogP contribution in [0.4, 0.5) is 4.39 Å². The van der Waals surface area contributed by atoms with E-state index in [2.05, 4.69) is 33.1 Å². The smallest absolute Gasteiger partial charge is 0.252 e. The molecule has 2 rings (SSSR count). The van der Waals surface area contributed by atoms with Gasteiger partial charge in [-0.15, -0.1) is 0 Å². The van der Waals surface area contributed by atoms with Gasteiger partial charge >= 0.3 is 0 Å². The van der Waals surface area contributed by atoms with Crippen LogP contribution in [0.1, 0.15) is 30.1 Å². The highest BCUT2D eigenvalue weighted by Gasteiger charge is 2.16. The minimum Gasteiger partial charge on any atom is -0.351 e. The largest absolute Gasteiger partial charge is 0.351 e. The zero-order valence-corrected chi connectivity index (χ0v) is 13.2. The number of hydrogen-bond acceptors (Lipinski definition) is 2. The lowest BCUT2D eigenvalue weighted by atomic mass is 10.0. The van der Waals surface area contributed by atoms with Crippen LogP contribution in [-0.4, -0.2) is 37.0 Å². The number of amides is 1. The number of rotatable bonds is 4. The van der Waals surface area contributed by atoms with Crippen LogP contribution in [0.5, 0.6) is 0 Å². The van der Waals surface area contributed by atoms with Crippen LogP contribution in [0, 0.1) is 11.7 Å². The van der Waals surface area contributed by atoms with Crippen molar-refractivity contribution >= 4 is 21.8 Å². The molecule has 1 aromatic rings. The molecule has 1 unspecified atom stereocenters. The average Bonchev–Trinajstić information content (AvgIpc) is 2.41. The second-order valence-electron chi connectivity index (χ2n) is 5.43. The van der Waals surface area contributed by atoms with Gasteiger partial charge in [0.2, 0.25) is 0 Å². The molecule has 0 saturated carbocycles. The van der Waals surface area contributed by atoms with E-state index in [9.17, 15) is 9.18 Å². The SMILES string of the molecule is CC1CCCN(CCNC(=O)c2cc(F)ccc2Br)C1. The first-order chi connectivity index (χ1) is 9.56. The van der Waals surface area contributed by atoms with E-state index in [1.54, 1.807) is 6.07 Å². The molecule has 1 aromatic carbocycles. The van der Waals surface area contributed by atoms with Gasteiger partial charge in [-0.3, -0.25) is 4.79 Å². The second-order valence-corrected chi connectivity index (χ2v) is 6.28. The molecule has 5 heteroatoms. The molecule has 110 valence electrons. The maximum absolute atomic E-state index is 13.2. The van der Waals surface area contributed by atoms with Crippen LogP contribution in [-0.2, 0) is 0 Å².